The van der Waals surface area contributed by atoms with Gasteiger partial charge in [-0.15, -0.1) is 0 Å². The van der Waals surface area contributed by atoms with Gasteiger partial charge in [0.25, 0.3) is 0 Å². The molecule has 3 heterocycles. The molecule has 1 fully saturated rings. The molecule has 0 saturated carbocycles. The molecule has 0 radical (unpaired) electrons. The Kier molecular flexibility index (Phi) is 7.03. The highest BCUT2D eigenvalue weighted by atomic mass is 32.2. The van der Waals surface area contributed by atoms with Crippen molar-refractivity contribution in [2.24, 2.45) is 16.6 Å². The molecule has 180 valence electrons. The number of benzene rings is 1. The lowest BCUT2D eigenvalue weighted by Gasteiger charge is -2.25. The summed E-state index contributed by atoms with van der Waals surface area (Å²) in [6, 6.07) is 3.81. The first-order valence-electron chi connectivity index (χ1n) is 11.2. The van der Waals surface area contributed by atoms with Crippen LogP contribution in [-0.4, -0.2) is 76.5 Å². The fourth-order valence-electron chi connectivity index (χ4n) is 4.18. The lowest BCUT2D eigenvalue weighted by atomic mass is 10.1. The molecule has 2 unspecified atom stereocenters. The number of hydrogen-bond donors (Lipinski definition) is 4. The number of nitrogens with one attached hydrogen (secondary N) is 3. The molecule has 0 aliphatic carbocycles. The zero-order valence-corrected chi connectivity index (χ0v) is 19.2. The standard InChI is InChI=1S/C21H30N6O5S/c22-21-24-11-14(12-25-21)10-23-19(28)13-27-7-2-1-3-17(20(27)29)26-33(30,31)16-4-5-18-15(9-16)6-8-32-18/h4-5,9,14,17,26H,1-3,6-8,10-13H2,(H,23,28)(H3,22,24,25). The van der Waals surface area contributed by atoms with Crippen molar-refractivity contribution in [3.8, 4) is 5.75 Å². The summed E-state index contributed by atoms with van der Waals surface area (Å²) in [5.74, 6) is 0.546. The van der Waals surface area contributed by atoms with E-state index in [-0.39, 0.29) is 29.2 Å². The molecule has 0 bridgehead atoms. The number of sulfonamides is 1. The van der Waals surface area contributed by atoms with Crippen LogP contribution in [0.3, 0.4) is 0 Å². The molecule has 3 aliphatic rings. The SMILES string of the molecule is NC1=NCC(CNC(=O)CN2CCCCC(NS(=O)(=O)c3ccc4c(c3)CCO4)C2=O)CN1. The van der Waals surface area contributed by atoms with Gasteiger partial charge in [0.2, 0.25) is 21.8 Å². The molecule has 3 aliphatic heterocycles. The number of likely N-dealkylation sites (tertiary alicyclic amines) is 1. The molecule has 2 amide bonds. The Hall–Kier alpha value is -2.86. The molecular formula is C21H30N6O5S. The third kappa shape index (κ3) is 5.74. The Morgan fingerprint density at radius 1 is 1.33 bits per heavy atom. The summed E-state index contributed by atoms with van der Waals surface area (Å²) in [5, 5.41) is 5.78. The molecular weight excluding hydrogens is 448 g/mol. The molecule has 1 saturated heterocycles. The number of carbonyl (C=O) groups excluding carboxylic acids is 2. The lowest BCUT2D eigenvalue weighted by Crippen LogP contribution is -2.51. The van der Waals surface area contributed by atoms with E-state index in [1.807, 2.05) is 0 Å². The molecule has 2 atom stereocenters. The molecule has 1 aromatic carbocycles. The van der Waals surface area contributed by atoms with E-state index in [0.29, 0.717) is 70.2 Å². The van der Waals surface area contributed by atoms with Crippen molar-refractivity contribution in [3.05, 3.63) is 23.8 Å². The van der Waals surface area contributed by atoms with E-state index in [1.165, 1.54) is 11.0 Å². The number of fused-ring (bicyclic) bond motifs is 1. The van der Waals surface area contributed by atoms with E-state index in [1.54, 1.807) is 12.1 Å². The molecule has 11 nitrogen and oxygen atoms in total. The van der Waals surface area contributed by atoms with Crippen molar-refractivity contribution < 1.29 is 22.7 Å². The van der Waals surface area contributed by atoms with Gasteiger partial charge in [0, 0.05) is 38.5 Å². The average Bonchev–Trinajstić information content (AvgIpc) is 3.21. The van der Waals surface area contributed by atoms with Crippen LogP contribution in [0.5, 0.6) is 5.75 Å². The summed E-state index contributed by atoms with van der Waals surface area (Å²) in [6.07, 6.45) is 2.42. The van der Waals surface area contributed by atoms with E-state index in [9.17, 15) is 18.0 Å². The average molecular weight is 479 g/mol. The van der Waals surface area contributed by atoms with Gasteiger partial charge in [-0.1, -0.05) is 0 Å². The summed E-state index contributed by atoms with van der Waals surface area (Å²) < 4.78 is 33.9. The summed E-state index contributed by atoms with van der Waals surface area (Å²) in [6.45, 7) is 2.40. The number of carbonyl (C=O) groups is 2. The Morgan fingerprint density at radius 3 is 2.97 bits per heavy atom. The number of amides is 2. The minimum absolute atomic E-state index is 0.109. The second kappa shape index (κ2) is 9.96. The highest BCUT2D eigenvalue weighted by Gasteiger charge is 2.32. The summed E-state index contributed by atoms with van der Waals surface area (Å²) in [5.41, 5.74) is 6.42. The second-order valence-electron chi connectivity index (χ2n) is 8.57. The number of hydrogen-bond acceptors (Lipinski definition) is 8. The van der Waals surface area contributed by atoms with Crippen molar-refractivity contribution in [3.63, 3.8) is 0 Å². The third-order valence-corrected chi connectivity index (χ3v) is 7.53. The number of nitrogens with two attached hydrogens (primary N) is 1. The molecule has 4 rings (SSSR count). The Morgan fingerprint density at radius 2 is 2.18 bits per heavy atom. The Bertz CT molecular complexity index is 1040. The first-order valence-corrected chi connectivity index (χ1v) is 12.7. The third-order valence-electron chi connectivity index (χ3n) is 6.06. The quantitative estimate of drug-likeness (QED) is 0.389. The fraction of sp³-hybridized carbons (Fsp3) is 0.571. The number of nitrogens with zero attached hydrogens (tertiary/aromatic N) is 2. The summed E-state index contributed by atoms with van der Waals surface area (Å²) in [4.78, 5) is 31.2. The Labute approximate surface area is 193 Å². The Balaban J connectivity index is 1.35. The van der Waals surface area contributed by atoms with E-state index < -0.39 is 16.1 Å². The van der Waals surface area contributed by atoms with Crippen molar-refractivity contribution in [1.29, 1.82) is 0 Å². The first kappa shape index (κ1) is 23.3. The predicted molar refractivity (Wildman–Crippen MR) is 121 cm³/mol. The van der Waals surface area contributed by atoms with E-state index in [4.69, 9.17) is 10.5 Å². The van der Waals surface area contributed by atoms with Crippen LogP contribution in [0.15, 0.2) is 28.1 Å². The van der Waals surface area contributed by atoms with E-state index in [2.05, 4.69) is 20.3 Å². The molecule has 12 heteroatoms. The fourth-order valence-corrected chi connectivity index (χ4v) is 5.45. The minimum Gasteiger partial charge on any atom is -0.493 e. The summed E-state index contributed by atoms with van der Waals surface area (Å²) in [7, 11) is -3.89. The number of guanidine groups is 1. The van der Waals surface area contributed by atoms with Crippen LogP contribution in [0.1, 0.15) is 24.8 Å². The normalized spacial score (nSPS) is 23.1. The number of aliphatic imine (C=N–C) groups is 1. The van der Waals surface area contributed by atoms with Crippen molar-refractivity contribution in [2.75, 3.05) is 39.3 Å². The maximum atomic E-state index is 13.1. The van der Waals surface area contributed by atoms with Gasteiger partial charge in [-0.2, -0.15) is 4.72 Å². The monoisotopic (exact) mass is 478 g/mol. The van der Waals surface area contributed by atoms with Crippen LogP contribution >= 0.6 is 0 Å². The topological polar surface area (TPSA) is 155 Å². The van der Waals surface area contributed by atoms with E-state index in [0.717, 1.165) is 5.56 Å². The zero-order valence-electron chi connectivity index (χ0n) is 18.4. The van der Waals surface area contributed by atoms with Gasteiger partial charge >= 0.3 is 0 Å². The van der Waals surface area contributed by atoms with Gasteiger partial charge in [0.05, 0.1) is 18.0 Å². The van der Waals surface area contributed by atoms with Crippen LogP contribution in [0, 0.1) is 5.92 Å². The van der Waals surface area contributed by atoms with Crippen LogP contribution in [0.25, 0.3) is 0 Å². The largest absolute Gasteiger partial charge is 0.493 e. The maximum absolute atomic E-state index is 13.1. The second-order valence-corrected chi connectivity index (χ2v) is 10.3. The zero-order chi connectivity index (χ0) is 23.4. The van der Waals surface area contributed by atoms with Crippen molar-refractivity contribution >= 4 is 27.8 Å². The van der Waals surface area contributed by atoms with Crippen LogP contribution < -0.4 is 25.8 Å². The highest BCUT2D eigenvalue weighted by molar-refractivity contribution is 7.89. The molecule has 5 N–H and O–H groups in total. The molecule has 0 aromatic heterocycles. The van der Waals surface area contributed by atoms with E-state index >= 15 is 0 Å². The number of ether oxygens (including phenoxy) is 1. The summed E-state index contributed by atoms with van der Waals surface area (Å²) >= 11 is 0. The van der Waals surface area contributed by atoms with Crippen molar-refractivity contribution in [2.45, 2.75) is 36.6 Å². The van der Waals surface area contributed by atoms with Gasteiger partial charge < -0.3 is 26.0 Å². The van der Waals surface area contributed by atoms with Gasteiger partial charge in [0.15, 0.2) is 5.96 Å². The minimum atomic E-state index is -3.89. The van der Waals surface area contributed by atoms with Crippen LogP contribution in [0.4, 0.5) is 0 Å². The molecule has 0 spiro atoms. The molecule has 1 aromatic rings. The predicted octanol–water partition coefficient (Wildman–Crippen LogP) is -1.07. The molecule has 33 heavy (non-hydrogen) atoms. The van der Waals surface area contributed by atoms with Gasteiger partial charge in [0.1, 0.15) is 11.8 Å². The van der Waals surface area contributed by atoms with Gasteiger partial charge in [-0.3, -0.25) is 14.6 Å². The van der Waals surface area contributed by atoms with Crippen LogP contribution in [0.2, 0.25) is 0 Å². The smallest absolute Gasteiger partial charge is 0.241 e. The van der Waals surface area contributed by atoms with Gasteiger partial charge in [-0.05, 0) is 43.0 Å². The lowest BCUT2D eigenvalue weighted by molar-refractivity contribution is -0.136. The van der Waals surface area contributed by atoms with Crippen molar-refractivity contribution in [1.82, 2.24) is 20.3 Å². The van der Waals surface area contributed by atoms with Gasteiger partial charge in [-0.25, -0.2) is 8.42 Å². The number of rotatable bonds is 7. The van der Waals surface area contributed by atoms with Crippen LogP contribution in [-0.2, 0) is 26.0 Å². The highest BCUT2D eigenvalue weighted by Crippen LogP contribution is 2.28. The first-order chi connectivity index (χ1) is 15.8. The maximum Gasteiger partial charge on any atom is 0.241 e.